The minimum absolute atomic E-state index is 0.287. The van der Waals surface area contributed by atoms with Crippen molar-refractivity contribution in [3.63, 3.8) is 0 Å². The number of fused-ring (bicyclic) bond motifs is 1. The highest BCUT2D eigenvalue weighted by atomic mass is 127. The molecule has 136 valence electrons. The maximum absolute atomic E-state index is 14.7. The summed E-state index contributed by atoms with van der Waals surface area (Å²) in [5.74, 6) is -0.0651. The van der Waals surface area contributed by atoms with E-state index in [0.717, 1.165) is 43.3 Å². The number of aromatic nitrogens is 2. The molecule has 0 aliphatic carbocycles. The molecule has 0 atom stereocenters. The van der Waals surface area contributed by atoms with E-state index in [2.05, 4.69) is 39.7 Å². The van der Waals surface area contributed by atoms with Crippen LogP contribution in [0.5, 0.6) is 5.75 Å². The topological polar surface area (TPSA) is 37.9 Å². The Labute approximate surface area is 170 Å². The second-order valence-electron chi connectivity index (χ2n) is 6.34. The number of hydrogen-bond donors (Lipinski definition) is 1. The number of H-pyrrole nitrogens is 1. The molecular formula is C22H18FIN2O. The van der Waals surface area contributed by atoms with Gasteiger partial charge in [0.15, 0.2) is 11.6 Å². The Kier molecular flexibility index (Phi) is 5.11. The molecule has 27 heavy (non-hydrogen) atoms. The summed E-state index contributed by atoms with van der Waals surface area (Å²) in [6.07, 6.45) is 0.785. The fraction of sp³-hybridized carbons (Fsp3) is 0.136. The molecule has 1 heterocycles. The predicted molar refractivity (Wildman–Crippen MR) is 114 cm³/mol. The Bertz CT molecular complexity index is 1090. The first-order valence-corrected chi connectivity index (χ1v) is 9.86. The van der Waals surface area contributed by atoms with E-state index in [-0.39, 0.29) is 11.6 Å². The van der Waals surface area contributed by atoms with Crippen LogP contribution in [0.2, 0.25) is 0 Å². The van der Waals surface area contributed by atoms with E-state index in [4.69, 9.17) is 4.74 Å². The van der Waals surface area contributed by atoms with Crippen molar-refractivity contribution in [2.45, 2.75) is 20.0 Å². The van der Waals surface area contributed by atoms with E-state index in [1.54, 1.807) is 6.07 Å². The van der Waals surface area contributed by atoms with Crippen LogP contribution in [0.4, 0.5) is 4.39 Å². The van der Waals surface area contributed by atoms with Crippen molar-refractivity contribution in [1.82, 2.24) is 10.2 Å². The molecule has 0 bridgehead atoms. The first-order valence-electron chi connectivity index (χ1n) is 8.79. The number of nitrogens with one attached hydrogen (secondary N) is 1. The molecule has 4 aromatic rings. The first-order chi connectivity index (χ1) is 13.2. The molecule has 0 amide bonds. The van der Waals surface area contributed by atoms with Crippen LogP contribution in [-0.2, 0) is 13.0 Å². The highest BCUT2D eigenvalue weighted by molar-refractivity contribution is 14.1. The fourth-order valence-corrected chi connectivity index (χ4v) is 3.73. The zero-order chi connectivity index (χ0) is 18.8. The van der Waals surface area contributed by atoms with Crippen molar-refractivity contribution >= 4 is 33.5 Å². The summed E-state index contributed by atoms with van der Waals surface area (Å²) < 4.78 is 21.5. The van der Waals surface area contributed by atoms with Crippen LogP contribution in [0.15, 0.2) is 60.7 Å². The molecule has 0 radical (unpaired) electrons. The van der Waals surface area contributed by atoms with Gasteiger partial charge in [0.05, 0.1) is 5.52 Å². The Morgan fingerprint density at radius 3 is 2.67 bits per heavy atom. The first kappa shape index (κ1) is 18.0. The standard InChI is InChI=1S/C22H18FIN2O/c1-2-15-11-21(27-13-14-6-4-3-5-7-14)19(23)12-18(15)16-8-9-17-20(10-16)25-26-22(17)24/h3-12H,2,13H2,1H3,(H,25,26). The molecule has 0 aliphatic rings. The van der Waals surface area contributed by atoms with E-state index in [0.29, 0.717) is 6.61 Å². The largest absolute Gasteiger partial charge is 0.486 e. The number of benzene rings is 3. The van der Waals surface area contributed by atoms with Crippen LogP contribution >= 0.6 is 22.6 Å². The molecule has 0 fully saturated rings. The summed E-state index contributed by atoms with van der Waals surface area (Å²) in [6, 6.07) is 19.2. The molecular weight excluding hydrogens is 454 g/mol. The molecule has 0 saturated heterocycles. The summed E-state index contributed by atoms with van der Waals surface area (Å²) in [7, 11) is 0. The fourth-order valence-electron chi connectivity index (χ4n) is 3.15. The van der Waals surface area contributed by atoms with Gasteiger partial charge in [0.1, 0.15) is 10.3 Å². The third-order valence-corrected chi connectivity index (χ3v) is 5.42. The number of hydrogen-bond acceptors (Lipinski definition) is 2. The van der Waals surface area contributed by atoms with Crippen molar-refractivity contribution in [1.29, 1.82) is 0 Å². The number of nitrogens with zero attached hydrogens (tertiary/aromatic N) is 1. The second kappa shape index (κ2) is 7.68. The van der Waals surface area contributed by atoms with Gasteiger partial charge in [-0.05, 0) is 75.5 Å². The molecule has 3 nitrogen and oxygen atoms in total. The zero-order valence-corrected chi connectivity index (χ0v) is 17.0. The van der Waals surface area contributed by atoms with Crippen molar-refractivity contribution in [2.75, 3.05) is 0 Å². The SMILES string of the molecule is CCc1cc(OCc2ccccc2)c(F)cc1-c1ccc2c(I)[nH]nc2c1. The van der Waals surface area contributed by atoms with Gasteiger partial charge in [-0.25, -0.2) is 4.39 Å². The summed E-state index contributed by atoms with van der Waals surface area (Å²) in [5.41, 5.74) is 4.77. The van der Waals surface area contributed by atoms with Crippen LogP contribution < -0.4 is 4.74 Å². The number of halogens is 2. The van der Waals surface area contributed by atoms with Crippen LogP contribution in [0.1, 0.15) is 18.1 Å². The van der Waals surface area contributed by atoms with Gasteiger partial charge >= 0.3 is 0 Å². The Hall–Kier alpha value is -2.41. The molecule has 3 aromatic carbocycles. The van der Waals surface area contributed by atoms with Gasteiger partial charge in [0.2, 0.25) is 0 Å². The molecule has 1 N–H and O–H groups in total. The van der Waals surface area contributed by atoms with Crippen LogP contribution in [0.25, 0.3) is 22.0 Å². The maximum Gasteiger partial charge on any atom is 0.165 e. The van der Waals surface area contributed by atoms with Crippen molar-refractivity contribution in [2.24, 2.45) is 0 Å². The Morgan fingerprint density at radius 1 is 1.07 bits per heavy atom. The lowest BCUT2D eigenvalue weighted by atomic mass is 9.97. The van der Waals surface area contributed by atoms with Gasteiger partial charge in [0, 0.05) is 5.39 Å². The van der Waals surface area contributed by atoms with Crippen LogP contribution in [0, 0.1) is 9.52 Å². The number of aryl methyl sites for hydroxylation is 1. The number of rotatable bonds is 5. The average Bonchev–Trinajstić information content (AvgIpc) is 3.08. The Balaban J connectivity index is 1.67. The van der Waals surface area contributed by atoms with Crippen LogP contribution in [-0.4, -0.2) is 10.2 Å². The normalized spacial score (nSPS) is 11.1. The van der Waals surface area contributed by atoms with Gasteiger partial charge < -0.3 is 4.74 Å². The van der Waals surface area contributed by atoms with E-state index < -0.39 is 0 Å². The summed E-state index contributed by atoms with van der Waals surface area (Å²) in [6.45, 7) is 2.41. The highest BCUT2D eigenvalue weighted by Gasteiger charge is 2.13. The quantitative estimate of drug-likeness (QED) is 0.356. The monoisotopic (exact) mass is 472 g/mol. The van der Waals surface area contributed by atoms with E-state index in [1.165, 1.54) is 0 Å². The van der Waals surface area contributed by atoms with Gasteiger partial charge in [-0.3, -0.25) is 5.10 Å². The Morgan fingerprint density at radius 2 is 1.89 bits per heavy atom. The third kappa shape index (κ3) is 3.69. The van der Waals surface area contributed by atoms with Gasteiger partial charge in [-0.15, -0.1) is 0 Å². The summed E-state index contributed by atoms with van der Waals surface area (Å²) >= 11 is 2.22. The van der Waals surface area contributed by atoms with Crippen molar-refractivity contribution in [3.8, 4) is 16.9 Å². The highest BCUT2D eigenvalue weighted by Crippen LogP contribution is 2.33. The predicted octanol–water partition coefficient (Wildman–Crippen LogP) is 6.12. The number of aromatic amines is 1. The minimum atomic E-state index is -0.352. The van der Waals surface area contributed by atoms with E-state index in [1.807, 2.05) is 54.6 Å². The number of ether oxygens (including phenoxy) is 1. The van der Waals surface area contributed by atoms with E-state index >= 15 is 0 Å². The molecule has 0 aliphatic heterocycles. The third-order valence-electron chi connectivity index (χ3n) is 4.60. The average molecular weight is 472 g/mol. The van der Waals surface area contributed by atoms with Gasteiger partial charge in [-0.2, -0.15) is 5.10 Å². The second-order valence-corrected chi connectivity index (χ2v) is 7.42. The minimum Gasteiger partial charge on any atom is -0.486 e. The molecule has 0 spiro atoms. The summed E-state index contributed by atoms with van der Waals surface area (Å²) in [5, 5.41) is 8.36. The molecule has 5 heteroatoms. The summed E-state index contributed by atoms with van der Waals surface area (Å²) in [4.78, 5) is 0. The van der Waals surface area contributed by atoms with Crippen LogP contribution in [0.3, 0.4) is 0 Å². The van der Waals surface area contributed by atoms with Gasteiger partial charge in [0.25, 0.3) is 0 Å². The lowest BCUT2D eigenvalue weighted by molar-refractivity contribution is 0.290. The maximum atomic E-state index is 14.7. The molecule has 0 unspecified atom stereocenters. The van der Waals surface area contributed by atoms with Crippen molar-refractivity contribution in [3.05, 3.63) is 81.3 Å². The van der Waals surface area contributed by atoms with E-state index in [9.17, 15) is 4.39 Å². The molecule has 1 aromatic heterocycles. The molecule has 0 saturated carbocycles. The smallest absolute Gasteiger partial charge is 0.165 e. The molecule has 4 rings (SSSR count). The lowest BCUT2D eigenvalue weighted by Gasteiger charge is -2.13. The van der Waals surface area contributed by atoms with Gasteiger partial charge in [-0.1, -0.05) is 43.3 Å². The lowest BCUT2D eigenvalue weighted by Crippen LogP contribution is -1.99. The zero-order valence-electron chi connectivity index (χ0n) is 14.8. The van der Waals surface area contributed by atoms with Crippen molar-refractivity contribution < 1.29 is 9.13 Å².